The Bertz CT molecular complexity index is 1110. The second-order valence-corrected chi connectivity index (χ2v) is 7.10. The lowest BCUT2D eigenvalue weighted by atomic mass is 10.1. The van der Waals surface area contributed by atoms with Gasteiger partial charge >= 0.3 is 5.97 Å². The molecule has 0 saturated carbocycles. The number of carbonyl (C=O) groups excluding carboxylic acids is 2. The number of fused-ring (bicyclic) bond motifs is 1. The summed E-state index contributed by atoms with van der Waals surface area (Å²) in [6, 6.07) is 12.1. The third-order valence-corrected chi connectivity index (χ3v) is 4.84. The van der Waals surface area contributed by atoms with Gasteiger partial charge in [-0.05, 0) is 40.2 Å². The molecule has 1 aliphatic heterocycles. The Morgan fingerprint density at radius 2 is 1.80 bits per heavy atom. The molecular weight excluding hydrogens is 461 g/mol. The standard InChI is InChI=1S/C21H15BrFNO6/c22-13-9-18-19(28-8-7-27-18)10-15(13)24-20(25)11-29-21(26)17-6-5-16(30-17)12-3-1-2-4-14(12)23/h1-6,9-10H,7-8,11H2,(H,24,25). The zero-order valence-electron chi connectivity index (χ0n) is 15.4. The number of amides is 1. The first-order valence-corrected chi connectivity index (χ1v) is 9.71. The van der Waals surface area contributed by atoms with Gasteiger partial charge in [0.1, 0.15) is 24.8 Å². The number of hydrogen-bond donors (Lipinski definition) is 1. The summed E-state index contributed by atoms with van der Waals surface area (Å²) in [7, 11) is 0. The molecule has 0 spiro atoms. The fraction of sp³-hybridized carbons (Fsp3) is 0.143. The van der Waals surface area contributed by atoms with E-state index in [2.05, 4.69) is 21.2 Å². The lowest BCUT2D eigenvalue weighted by Gasteiger charge is -2.20. The number of furan rings is 1. The molecule has 0 bridgehead atoms. The molecule has 9 heteroatoms. The van der Waals surface area contributed by atoms with Gasteiger partial charge in [-0.1, -0.05) is 12.1 Å². The number of rotatable bonds is 5. The predicted molar refractivity (Wildman–Crippen MR) is 108 cm³/mol. The van der Waals surface area contributed by atoms with E-state index >= 15 is 0 Å². The number of benzene rings is 2. The molecule has 0 radical (unpaired) electrons. The first-order valence-electron chi connectivity index (χ1n) is 8.92. The average Bonchev–Trinajstić information content (AvgIpc) is 3.23. The molecule has 7 nitrogen and oxygen atoms in total. The molecular formula is C21H15BrFNO6. The number of halogens is 2. The van der Waals surface area contributed by atoms with Crippen molar-refractivity contribution in [3.8, 4) is 22.8 Å². The van der Waals surface area contributed by atoms with Crippen molar-refractivity contribution in [2.24, 2.45) is 0 Å². The van der Waals surface area contributed by atoms with E-state index in [0.29, 0.717) is 34.9 Å². The minimum atomic E-state index is -0.839. The molecule has 0 fully saturated rings. The average molecular weight is 476 g/mol. The third kappa shape index (κ3) is 4.30. The van der Waals surface area contributed by atoms with Crippen molar-refractivity contribution in [2.75, 3.05) is 25.1 Å². The van der Waals surface area contributed by atoms with Crippen LogP contribution < -0.4 is 14.8 Å². The van der Waals surface area contributed by atoms with Crippen LogP contribution in [0.2, 0.25) is 0 Å². The van der Waals surface area contributed by atoms with Crippen molar-refractivity contribution in [1.29, 1.82) is 0 Å². The Labute approximate surface area is 178 Å². The maximum Gasteiger partial charge on any atom is 0.374 e. The van der Waals surface area contributed by atoms with Gasteiger partial charge < -0.3 is 23.9 Å². The number of hydrogen-bond acceptors (Lipinski definition) is 6. The topological polar surface area (TPSA) is 87.0 Å². The van der Waals surface area contributed by atoms with Gasteiger partial charge in [0.25, 0.3) is 5.91 Å². The summed E-state index contributed by atoms with van der Waals surface area (Å²) < 4.78 is 35.7. The van der Waals surface area contributed by atoms with E-state index in [9.17, 15) is 14.0 Å². The Kier molecular flexibility index (Phi) is 5.71. The molecule has 1 aliphatic rings. The molecule has 0 saturated heterocycles. The third-order valence-electron chi connectivity index (χ3n) is 4.19. The van der Waals surface area contributed by atoms with Gasteiger partial charge in [-0.3, -0.25) is 4.79 Å². The van der Waals surface area contributed by atoms with Crippen LogP contribution in [-0.4, -0.2) is 31.7 Å². The van der Waals surface area contributed by atoms with Gasteiger partial charge in [-0.2, -0.15) is 0 Å². The predicted octanol–water partition coefficient (Wildman–Crippen LogP) is 4.41. The number of esters is 1. The highest BCUT2D eigenvalue weighted by molar-refractivity contribution is 9.10. The molecule has 2 heterocycles. The highest BCUT2D eigenvalue weighted by atomic mass is 79.9. The van der Waals surface area contributed by atoms with Crippen LogP contribution in [0.1, 0.15) is 10.6 Å². The highest BCUT2D eigenvalue weighted by Gasteiger charge is 2.19. The van der Waals surface area contributed by atoms with Crippen molar-refractivity contribution in [1.82, 2.24) is 0 Å². The summed E-state index contributed by atoms with van der Waals surface area (Å²) in [6.45, 7) is 0.333. The largest absolute Gasteiger partial charge is 0.486 e. The van der Waals surface area contributed by atoms with E-state index < -0.39 is 24.3 Å². The van der Waals surface area contributed by atoms with Gasteiger partial charge in [-0.15, -0.1) is 0 Å². The quantitative estimate of drug-likeness (QED) is 0.549. The SMILES string of the molecule is O=C(COC(=O)c1ccc(-c2ccccc2F)o1)Nc1cc2c(cc1Br)OCCO2. The van der Waals surface area contributed by atoms with Gasteiger partial charge in [0.2, 0.25) is 5.76 Å². The summed E-state index contributed by atoms with van der Waals surface area (Å²) in [4.78, 5) is 24.3. The Morgan fingerprint density at radius 1 is 1.07 bits per heavy atom. The first-order chi connectivity index (χ1) is 14.5. The monoisotopic (exact) mass is 475 g/mol. The zero-order valence-corrected chi connectivity index (χ0v) is 17.0. The highest BCUT2D eigenvalue weighted by Crippen LogP contribution is 2.38. The van der Waals surface area contributed by atoms with Gasteiger partial charge in [0, 0.05) is 16.6 Å². The smallest absolute Gasteiger partial charge is 0.374 e. The molecule has 30 heavy (non-hydrogen) atoms. The molecule has 4 rings (SSSR count). The summed E-state index contributed by atoms with van der Waals surface area (Å²) >= 11 is 3.35. The second-order valence-electron chi connectivity index (χ2n) is 6.24. The number of carbonyl (C=O) groups is 2. The lowest BCUT2D eigenvalue weighted by Crippen LogP contribution is -2.21. The number of ether oxygens (including phenoxy) is 3. The maximum atomic E-state index is 13.8. The summed E-state index contributed by atoms with van der Waals surface area (Å²) in [5, 5.41) is 2.63. The first kappa shape index (κ1) is 20.0. The number of nitrogens with one attached hydrogen (secondary N) is 1. The summed E-state index contributed by atoms with van der Waals surface area (Å²) in [5.41, 5.74) is 0.665. The van der Waals surface area contributed by atoms with Crippen molar-refractivity contribution in [3.05, 3.63) is 64.6 Å². The molecule has 0 aliphatic carbocycles. The maximum absolute atomic E-state index is 13.8. The van der Waals surface area contributed by atoms with Gasteiger partial charge in [-0.25, -0.2) is 9.18 Å². The Balaban J connectivity index is 1.37. The lowest BCUT2D eigenvalue weighted by molar-refractivity contribution is -0.119. The minimum absolute atomic E-state index is 0.137. The van der Waals surface area contributed by atoms with Crippen molar-refractivity contribution in [3.63, 3.8) is 0 Å². The van der Waals surface area contributed by atoms with E-state index in [0.717, 1.165) is 0 Å². The van der Waals surface area contributed by atoms with Crippen LogP contribution >= 0.6 is 15.9 Å². The molecule has 0 unspecified atom stereocenters. The van der Waals surface area contributed by atoms with Crippen LogP contribution in [0, 0.1) is 5.82 Å². The fourth-order valence-corrected chi connectivity index (χ4v) is 3.22. The van der Waals surface area contributed by atoms with Crippen molar-refractivity contribution >= 4 is 33.5 Å². The van der Waals surface area contributed by atoms with Crippen LogP contribution in [0.3, 0.4) is 0 Å². The molecule has 0 atom stereocenters. The van der Waals surface area contributed by atoms with E-state index in [1.165, 1.54) is 24.3 Å². The van der Waals surface area contributed by atoms with Gasteiger partial charge in [0.15, 0.2) is 18.1 Å². The zero-order chi connectivity index (χ0) is 21.1. The van der Waals surface area contributed by atoms with E-state index in [4.69, 9.17) is 18.6 Å². The molecule has 1 amide bonds. The van der Waals surface area contributed by atoms with E-state index in [-0.39, 0.29) is 17.1 Å². The molecule has 3 aromatic rings. The summed E-state index contributed by atoms with van der Waals surface area (Å²) in [5.74, 6) is -0.743. The second kappa shape index (κ2) is 8.58. The Morgan fingerprint density at radius 3 is 2.57 bits per heavy atom. The van der Waals surface area contributed by atoms with Crippen molar-refractivity contribution in [2.45, 2.75) is 0 Å². The molecule has 1 N–H and O–H groups in total. The van der Waals surface area contributed by atoms with Crippen LogP contribution in [0.25, 0.3) is 11.3 Å². The molecule has 2 aromatic carbocycles. The van der Waals surface area contributed by atoms with Gasteiger partial charge in [0.05, 0.1) is 11.3 Å². The van der Waals surface area contributed by atoms with Crippen LogP contribution in [-0.2, 0) is 9.53 Å². The minimum Gasteiger partial charge on any atom is -0.486 e. The normalized spacial score (nSPS) is 12.3. The fourth-order valence-electron chi connectivity index (χ4n) is 2.80. The van der Waals surface area contributed by atoms with Crippen LogP contribution in [0.5, 0.6) is 11.5 Å². The van der Waals surface area contributed by atoms with Crippen molar-refractivity contribution < 1.29 is 32.6 Å². The number of anilines is 1. The van der Waals surface area contributed by atoms with Crippen LogP contribution in [0.4, 0.5) is 10.1 Å². The summed E-state index contributed by atoms with van der Waals surface area (Å²) in [6.07, 6.45) is 0. The molecule has 1 aromatic heterocycles. The van der Waals surface area contributed by atoms with E-state index in [1.54, 1.807) is 24.3 Å². The molecule has 154 valence electrons. The Hall–Kier alpha value is -3.33. The van der Waals surface area contributed by atoms with Crippen LogP contribution in [0.15, 0.2) is 57.4 Å². The van der Waals surface area contributed by atoms with E-state index in [1.807, 2.05) is 0 Å².